The van der Waals surface area contributed by atoms with Gasteiger partial charge in [0.2, 0.25) is 0 Å². The summed E-state index contributed by atoms with van der Waals surface area (Å²) in [6.07, 6.45) is 0.595. The van der Waals surface area contributed by atoms with Gasteiger partial charge in [-0.2, -0.15) is 0 Å². The van der Waals surface area contributed by atoms with Crippen LogP contribution in [0.1, 0.15) is 5.56 Å². The van der Waals surface area contributed by atoms with Gasteiger partial charge in [0, 0.05) is 13.6 Å². The average Bonchev–Trinajstić information content (AvgIpc) is 2.55. The molecule has 0 atom stereocenters. The maximum atomic E-state index is 13.1. The molecule has 0 saturated carbocycles. The van der Waals surface area contributed by atoms with E-state index in [2.05, 4.69) is 5.32 Å². The van der Waals surface area contributed by atoms with Crippen molar-refractivity contribution in [3.63, 3.8) is 0 Å². The number of halogens is 1. The van der Waals surface area contributed by atoms with Gasteiger partial charge in [-0.05, 0) is 36.2 Å². The number of likely N-dealkylation sites (N-methyl/N-ethyl adjacent to an activating group) is 1. The number of carbonyl (C=O) groups is 1. The Morgan fingerprint density at radius 3 is 2.70 bits per heavy atom. The third-order valence-corrected chi connectivity index (χ3v) is 3.36. The average molecular weight is 316 g/mol. The Morgan fingerprint density at radius 2 is 1.96 bits per heavy atom. The smallest absolute Gasteiger partial charge is 0.317 e. The quantitative estimate of drug-likeness (QED) is 0.853. The summed E-state index contributed by atoms with van der Waals surface area (Å²) in [6.45, 7) is 1.38. The monoisotopic (exact) mass is 316 g/mol. The van der Waals surface area contributed by atoms with Crippen molar-refractivity contribution in [2.24, 2.45) is 0 Å². The number of nitrogens with one attached hydrogen (secondary N) is 1. The molecule has 2 amide bonds. The lowest BCUT2D eigenvalue weighted by atomic mass is 10.1. The predicted molar refractivity (Wildman–Crippen MR) is 88.1 cm³/mol. The SMILES string of the molecule is CN(CCOc1ccccc1)C(=O)NCCc1cccc(F)c1. The summed E-state index contributed by atoms with van der Waals surface area (Å²) in [7, 11) is 1.71. The highest BCUT2D eigenvalue weighted by Crippen LogP contribution is 2.07. The van der Waals surface area contributed by atoms with E-state index in [0.29, 0.717) is 26.1 Å². The van der Waals surface area contributed by atoms with Gasteiger partial charge in [-0.3, -0.25) is 0 Å². The van der Waals surface area contributed by atoms with Crippen molar-refractivity contribution in [1.29, 1.82) is 0 Å². The zero-order valence-electron chi connectivity index (χ0n) is 13.2. The summed E-state index contributed by atoms with van der Waals surface area (Å²) < 4.78 is 18.6. The van der Waals surface area contributed by atoms with E-state index in [1.54, 1.807) is 18.0 Å². The van der Waals surface area contributed by atoms with Gasteiger partial charge in [0.1, 0.15) is 18.2 Å². The molecule has 2 aromatic carbocycles. The second-order valence-corrected chi connectivity index (χ2v) is 5.19. The number of hydrogen-bond donors (Lipinski definition) is 1. The molecule has 0 spiro atoms. The Balaban J connectivity index is 1.64. The van der Waals surface area contributed by atoms with Crippen molar-refractivity contribution in [2.45, 2.75) is 6.42 Å². The summed E-state index contributed by atoms with van der Waals surface area (Å²) in [4.78, 5) is 13.5. The van der Waals surface area contributed by atoms with Gasteiger partial charge in [0.05, 0.1) is 6.54 Å². The van der Waals surface area contributed by atoms with Crippen LogP contribution in [0.25, 0.3) is 0 Å². The molecule has 23 heavy (non-hydrogen) atoms. The number of rotatable bonds is 7. The standard InChI is InChI=1S/C18H21FN2O2/c1-21(12-13-23-17-8-3-2-4-9-17)18(22)20-11-10-15-6-5-7-16(19)14-15/h2-9,14H,10-13H2,1H3,(H,20,22). The Labute approximate surface area is 135 Å². The van der Waals surface area contributed by atoms with Gasteiger partial charge in [-0.1, -0.05) is 30.3 Å². The van der Waals surface area contributed by atoms with Gasteiger partial charge in [0.25, 0.3) is 0 Å². The molecule has 0 radical (unpaired) electrons. The molecule has 0 unspecified atom stereocenters. The van der Waals surface area contributed by atoms with Gasteiger partial charge >= 0.3 is 6.03 Å². The lowest BCUT2D eigenvalue weighted by molar-refractivity contribution is 0.195. The Bertz CT molecular complexity index is 619. The van der Waals surface area contributed by atoms with Crippen molar-refractivity contribution >= 4 is 6.03 Å². The fourth-order valence-corrected chi connectivity index (χ4v) is 2.06. The molecule has 0 bridgehead atoms. The largest absolute Gasteiger partial charge is 0.492 e. The Morgan fingerprint density at radius 1 is 1.17 bits per heavy atom. The van der Waals surface area contributed by atoms with E-state index < -0.39 is 0 Å². The summed E-state index contributed by atoms with van der Waals surface area (Å²) in [6, 6.07) is 15.7. The highest BCUT2D eigenvalue weighted by Gasteiger charge is 2.07. The van der Waals surface area contributed by atoms with Crippen molar-refractivity contribution in [3.8, 4) is 5.75 Å². The molecular weight excluding hydrogens is 295 g/mol. The molecule has 2 rings (SSSR count). The van der Waals surface area contributed by atoms with E-state index in [0.717, 1.165) is 11.3 Å². The molecule has 0 saturated heterocycles. The van der Waals surface area contributed by atoms with Crippen molar-refractivity contribution in [2.75, 3.05) is 26.7 Å². The number of carbonyl (C=O) groups excluding carboxylic acids is 1. The summed E-state index contributed by atoms with van der Waals surface area (Å²) in [5.41, 5.74) is 0.861. The van der Waals surface area contributed by atoms with Crippen LogP contribution >= 0.6 is 0 Å². The second-order valence-electron chi connectivity index (χ2n) is 5.19. The molecule has 1 N–H and O–H groups in total. The van der Waals surface area contributed by atoms with Crippen LogP contribution in [0.15, 0.2) is 54.6 Å². The number of nitrogens with zero attached hydrogens (tertiary/aromatic N) is 1. The topological polar surface area (TPSA) is 41.6 Å². The first kappa shape index (κ1) is 16.8. The molecule has 2 aromatic rings. The van der Waals surface area contributed by atoms with E-state index >= 15 is 0 Å². The molecule has 0 aliphatic rings. The first-order valence-corrected chi connectivity index (χ1v) is 7.56. The van der Waals surface area contributed by atoms with Crippen molar-refractivity contribution in [1.82, 2.24) is 10.2 Å². The van der Waals surface area contributed by atoms with Crippen LogP contribution in [0.2, 0.25) is 0 Å². The zero-order valence-corrected chi connectivity index (χ0v) is 13.2. The lowest BCUT2D eigenvalue weighted by Crippen LogP contribution is -2.40. The van der Waals surface area contributed by atoms with Crippen LogP contribution in [0.5, 0.6) is 5.75 Å². The second kappa shape index (κ2) is 8.78. The van der Waals surface area contributed by atoms with Crippen molar-refractivity contribution in [3.05, 3.63) is 66.0 Å². The molecule has 5 heteroatoms. The zero-order chi connectivity index (χ0) is 16.5. The van der Waals surface area contributed by atoms with E-state index in [1.165, 1.54) is 12.1 Å². The van der Waals surface area contributed by atoms with E-state index in [9.17, 15) is 9.18 Å². The third-order valence-electron chi connectivity index (χ3n) is 3.36. The lowest BCUT2D eigenvalue weighted by Gasteiger charge is -2.18. The number of para-hydroxylation sites is 1. The highest BCUT2D eigenvalue weighted by molar-refractivity contribution is 5.73. The maximum absolute atomic E-state index is 13.1. The Hall–Kier alpha value is -2.56. The summed E-state index contributed by atoms with van der Waals surface area (Å²) in [5, 5.41) is 2.81. The summed E-state index contributed by atoms with van der Waals surface area (Å²) >= 11 is 0. The van der Waals surface area contributed by atoms with Crippen LogP contribution < -0.4 is 10.1 Å². The first-order chi connectivity index (χ1) is 11.1. The predicted octanol–water partition coefficient (Wildman–Crippen LogP) is 3.09. The van der Waals surface area contributed by atoms with Crippen LogP contribution in [0.4, 0.5) is 9.18 Å². The Kier molecular flexibility index (Phi) is 6.41. The number of amides is 2. The molecule has 122 valence electrons. The molecule has 0 fully saturated rings. The number of urea groups is 1. The molecule has 0 aliphatic heterocycles. The number of hydrogen-bond acceptors (Lipinski definition) is 2. The van der Waals surface area contributed by atoms with Gasteiger partial charge < -0.3 is 15.0 Å². The van der Waals surface area contributed by atoms with Crippen LogP contribution in [0, 0.1) is 5.82 Å². The number of ether oxygens (including phenoxy) is 1. The van der Waals surface area contributed by atoms with E-state index in [1.807, 2.05) is 36.4 Å². The fraction of sp³-hybridized carbons (Fsp3) is 0.278. The highest BCUT2D eigenvalue weighted by atomic mass is 19.1. The normalized spacial score (nSPS) is 10.2. The minimum absolute atomic E-state index is 0.168. The summed E-state index contributed by atoms with van der Waals surface area (Å²) in [5.74, 6) is 0.524. The number of benzene rings is 2. The molecule has 4 nitrogen and oxygen atoms in total. The van der Waals surface area contributed by atoms with Crippen LogP contribution in [0.3, 0.4) is 0 Å². The minimum atomic E-state index is -0.260. The van der Waals surface area contributed by atoms with E-state index in [-0.39, 0.29) is 11.8 Å². The fourth-order valence-electron chi connectivity index (χ4n) is 2.06. The van der Waals surface area contributed by atoms with E-state index in [4.69, 9.17) is 4.74 Å². The maximum Gasteiger partial charge on any atom is 0.317 e. The third kappa shape index (κ3) is 5.98. The molecule has 0 aromatic heterocycles. The minimum Gasteiger partial charge on any atom is -0.492 e. The molecule has 0 heterocycles. The van der Waals surface area contributed by atoms with Crippen molar-refractivity contribution < 1.29 is 13.9 Å². The van der Waals surface area contributed by atoms with Gasteiger partial charge in [-0.25, -0.2) is 9.18 Å². The van der Waals surface area contributed by atoms with Gasteiger partial charge in [-0.15, -0.1) is 0 Å². The first-order valence-electron chi connectivity index (χ1n) is 7.56. The van der Waals surface area contributed by atoms with Crippen LogP contribution in [-0.2, 0) is 6.42 Å². The molecular formula is C18H21FN2O2. The van der Waals surface area contributed by atoms with Crippen LogP contribution in [-0.4, -0.2) is 37.7 Å². The molecule has 0 aliphatic carbocycles. The van der Waals surface area contributed by atoms with Gasteiger partial charge in [0.15, 0.2) is 0 Å².